The SMILES string of the molecule is C=C(C)C(=O)OC(C)(C)C(C)Oc1ccc2cc(-c3cccnc3CC)oc2c1. The number of benzene rings is 1. The van der Waals surface area contributed by atoms with Crippen LogP contribution in [0.25, 0.3) is 22.3 Å². The predicted octanol–water partition coefficient (Wildman–Crippen LogP) is 5.72. The molecule has 2 heterocycles. The highest BCUT2D eigenvalue weighted by molar-refractivity contribution is 5.87. The summed E-state index contributed by atoms with van der Waals surface area (Å²) in [6, 6.07) is 11.6. The number of pyridine rings is 1. The molecule has 5 heteroatoms. The van der Waals surface area contributed by atoms with Crippen molar-refractivity contribution in [3.8, 4) is 17.1 Å². The highest BCUT2D eigenvalue weighted by Gasteiger charge is 2.32. The first-order chi connectivity index (χ1) is 13.7. The highest BCUT2D eigenvalue weighted by atomic mass is 16.6. The number of esters is 1. The number of carbonyl (C=O) groups is 1. The van der Waals surface area contributed by atoms with E-state index in [1.165, 1.54) is 0 Å². The van der Waals surface area contributed by atoms with Crippen molar-refractivity contribution in [1.82, 2.24) is 4.98 Å². The number of furan rings is 1. The largest absolute Gasteiger partial charge is 0.486 e. The molecule has 0 aliphatic carbocycles. The van der Waals surface area contributed by atoms with E-state index < -0.39 is 11.6 Å². The van der Waals surface area contributed by atoms with Crippen LogP contribution in [0, 0.1) is 0 Å². The minimum atomic E-state index is -0.814. The Morgan fingerprint density at radius 3 is 2.72 bits per heavy atom. The van der Waals surface area contributed by atoms with Crippen LogP contribution in [-0.4, -0.2) is 22.7 Å². The summed E-state index contributed by atoms with van der Waals surface area (Å²) in [5.74, 6) is 0.998. The molecule has 1 unspecified atom stereocenters. The first-order valence-electron chi connectivity index (χ1n) is 9.74. The van der Waals surface area contributed by atoms with E-state index in [2.05, 4.69) is 18.5 Å². The second-order valence-electron chi connectivity index (χ2n) is 7.69. The van der Waals surface area contributed by atoms with Crippen LogP contribution in [0.2, 0.25) is 0 Å². The van der Waals surface area contributed by atoms with Gasteiger partial charge in [-0.1, -0.05) is 13.5 Å². The van der Waals surface area contributed by atoms with Gasteiger partial charge >= 0.3 is 5.97 Å². The van der Waals surface area contributed by atoms with Gasteiger partial charge in [-0.25, -0.2) is 4.79 Å². The van der Waals surface area contributed by atoms with Gasteiger partial charge in [0.15, 0.2) is 0 Å². The second kappa shape index (κ2) is 8.11. The van der Waals surface area contributed by atoms with E-state index in [0.717, 1.165) is 34.4 Å². The zero-order valence-corrected chi connectivity index (χ0v) is 17.6. The zero-order chi connectivity index (χ0) is 21.2. The molecule has 1 atom stereocenters. The Balaban J connectivity index is 1.83. The van der Waals surface area contributed by atoms with Crippen molar-refractivity contribution in [2.24, 2.45) is 0 Å². The molecule has 0 saturated heterocycles. The summed E-state index contributed by atoms with van der Waals surface area (Å²) in [7, 11) is 0. The van der Waals surface area contributed by atoms with Crippen molar-refractivity contribution in [1.29, 1.82) is 0 Å². The summed E-state index contributed by atoms with van der Waals surface area (Å²) in [6.07, 6.45) is 2.25. The number of fused-ring (bicyclic) bond motifs is 1. The van der Waals surface area contributed by atoms with E-state index >= 15 is 0 Å². The molecule has 1 aromatic carbocycles. The van der Waals surface area contributed by atoms with Gasteiger partial charge in [-0.05, 0) is 64.4 Å². The number of nitrogens with zero attached hydrogens (tertiary/aromatic N) is 1. The number of hydrogen-bond acceptors (Lipinski definition) is 5. The fraction of sp³-hybridized carbons (Fsp3) is 0.333. The van der Waals surface area contributed by atoms with Crippen molar-refractivity contribution >= 4 is 16.9 Å². The molecule has 0 radical (unpaired) electrons. The van der Waals surface area contributed by atoms with Crippen LogP contribution in [0.4, 0.5) is 0 Å². The van der Waals surface area contributed by atoms with Gasteiger partial charge in [0, 0.05) is 28.8 Å². The van der Waals surface area contributed by atoms with E-state index in [0.29, 0.717) is 11.3 Å². The van der Waals surface area contributed by atoms with Crippen molar-refractivity contribution in [3.63, 3.8) is 0 Å². The lowest BCUT2D eigenvalue weighted by atomic mass is 10.0. The van der Waals surface area contributed by atoms with Crippen molar-refractivity contribution in [2.45, 2.75) is 52.7 Å². The molecule has 0 spiro atoms. The first kappa shape index (κ1) is 20.6. The number of aromatic nitrogens is 1. The quantitative estimate of drug-likeness (QED) is 0.379. The fourth-order valence-corrected chi connectivity index (χ4v) is 2.92. The lowest BCUT2D eigenvalue weighted by Crippen LogP contribution is -2.42. The molecule has 29 heavy (non-hydrogen) atoms. The number of ether oxygens (including phenoxy) is 2. The smallest absolute Gasteiger partial charge is 0.333 e. The van der Waals surface area contributed by atoms with Gasteiger partial charge in [0.25, 0.3) is 0 Å². The third kappa shape index (κ3) is 4.50. The van der Waals surface area contributed by atoms with E-state index in [9.17, 15) is 4.79 Å². The molecule has 0 fully saturated rings. The third-order valence-electron chi connectivity index (χ3n) is 4.98. The Labute approximate surface area is 171 Å². The number of hydrogen-bond donors (Lipinski definition) is 0. The van der Waals surface area contributed by atoms with Crippen LogP contribution in [-0.2, 0) is 16.0 Å². The fourth-order valence-electron chi connectivity index (χ4n) is 2.92. The normalized spacial score (nSPS) is 12.6. The van der Waals surface area contributed by atoms with Crippen LogP contribution < -0.4 is 4.74 Å². The number of carbonyl (C=O) groups excluding carboxylic acids is 1. The highest BCUT2D eigenvalue weighted by Crippen LogP contribution is 2.32. The van der Waals surface area contributed by atoms with Gasteiger partial charge < -0.3 is 13.9 Å². The van der Waals surface area contributed by atoms with Gasteiger partial charge in [-0.3, -0.25) is 4.98 Å². The molecule has 2 aromatic heterocycles. The molecule has 0 aliphatic rings. The Morgan fingerprint density at radius 2 is 2.03 bits per heavy atom. The molecular formula is C24H27NO4. The summed E-state index contributed by atoms with van der Waals surface area (Å²) in [5, 5.41) is 0.985. The molecule has 152 valence electrons. The molecule has 0 saturated carbocycles. The third-order valence-corrected chi connectivity index (χ3v) is 4.98. The summed E-state index contributed by atoms with van der Waals surface area (Å²) >= 11 is 0. The van der Waals surface area contributed by atoms with Crippen LogP contribution in [0.1, 0.15) is 40.3 Å². The van der Waals surface area contributed by atoms with Crippen LogP contribution in [0.15, 0.2) is 59.2 Å². The Hall–Kier alpha value is -3.08. The van der Waals surface area contributed by atoms with Crippen molar-refractivity contribution in [3.05, 3.63) is 60.4 Å². The topological polar surface area (TPSA) is 61.6 Å². The van der Waals surface area contributed by atoms with Gasteiger partial charge in [-0.15, -0.1) is 0 Å². The Morgan fingerprint density at radius 1 is 1.28 bits per heavy atom. The molecular weight excluding hydrogens is 366 g/mol. The molecule has 0 bridgehead atoms. The summed E-state index contributed by atoms with van der Waals surface area (Å²) in [4.78, 5) is 16.3. The van der Waals surface area contributed by atoms with Crippen molar-refractivity contribution < 1.29 is 18.7 Å². The number of rotatable bonds is 7. The van der Waals surface area contributed by atoms with E-state index in [1.807, 2.05) is 57.2 Å². The van der Waals surface area contributed by atoms with Gasteiger partial charge in [0.2, 0.25) is 0 Å². The van der Waals surface area contributed by atoms with E-state index in [-0.39, 0.29) is 6.10 Å². The van der Waals surface area contributed by atoms with E-state index in [4.69, 9.17) is 13.9 Å². The minimum absolute atomic E-state index is 0.358. The van der Waals surface area contributed by atoms with E-state index in [1.54, 1.807) is 13.1 Å². The summed E-state index contributed by atoms with van der Waals surface area (Å²) in [6.45, 7) is 12.8. The van der Waals surface area contributed by atoms with Gasteiger partial charge in [-0.2, -0.15) is 0 Å². The van der Waals surface area contributed by atoms with Gasteiger partial charge in [0.1, 0.15) is 28.8 Å². The average Bonchev–Trinajstić information content (AvgIpc) is 3.10. The molecule has 0 aliphatic heterocycles. The monoisotopic (exact) mass is 393 g/mol. The molecule has 5 nitrogen and oxygen atoms in total. The van der Waals surface area contributed by atoms with Crippen LogP contribution >= 0.6 is 0 Å². The zero-order valence-electron chi connectivity index (χ0n) is 17.6. The standard InChI is InChI=1S/C24H27NO4/c1-7-20-19(9-8-12-25-20)22-13-17-10-11-18(14-21(17)28-22)27-16(4)24(5,6)29-23(26)15(2)3/h8-14,16H,2,7H2,1,3-6H3. The molecule has 0 N–H and O–H groups in total. The lowest BCUT2D eigenvalue weighted by molar-refractivity contribution is -0.159. The molecule has 0 amide bonds. The second-order valence-corrected chi connectivity index (χ2v) is 7.69. The minimum Gasteiger partial charge on any atom is -0.486 e. The van der Waals surface area contributed by atoms with Crippen molar-refractivity contribution in [2.75, 3.05) is 0 Å². The average molecular weight is 393 g/mol. The Bertz CT molecular complexity index is 1050. The maximum absolute atomic E-state index is 11.9. The summed E-state index contributed by atoms with van der Waals surface area (Å²) in [5.41, 5.74) is 2.27. The first-order valence-corrected chi connectivity index (χ1v) is 9.74. The van der Waals surface area contributed by atoms with Crippen LogP contribution in [0.3, 0.4) is 0 Å². The maximum Gasteiger partial charge on any atom is 0.333 e. The van der Waals surface area contributed by atoms with Crippen LogP contribution in [0.5, 0.6) is 5.75 Å². The maximum atomic E-state index is 11.9. The van der Waals surface area contributed by atoms with Gasteiger partial charge in [0.05, 0.1) is 5.69 Å². The summed E-state index contributed by atoms with van der Waals surface area (Å²) < 4.78 is 17.6. The predicted molar refractivity (Wildman–Crippen MR) is 114 cm³/mol. The molecule has 3 rings (SSSR count). The molecule has 3 aromatic rings. The Kier molecular flexibility index (Phi) is 5.78. The number of aryl methyl sites for hydroxylation is 1. The lowest BCUT2D eigenvalue weighted by Gasteiger charge is -2.31.